The highest BCUT2D eigenvalue weighted by Gasteiger charge is 2.38. The summed E-state index contributed by atoms with van der Waals surface area (Å²) in [5.41, 5.74) is 2.55. The normalized spacial score (nSPS) is 19.7. The second-order valence-electron chi connectivity index (χ2n) is 6.61. The maximum Gasteiger partial charge on any atom is 0.272 e. The third-order valence-electron chi connectivity index (χ3n) is 4.76. The predicted molar refractivity (Wildman–Crippen MR) is 100 cm³/mol. The van der Waals surface area contributed by atoms with Crippen LogP contribution in [-0.4, -0.2) is 54.8 Å². The van der Waals surface area contributed by atoms with Crippen LogP contribution in [0.2, 0.25) is 0 Å². The molecule has 138 valence electrons. The Hall–Kier alpha value is -2.24. The number of aryl methyl sites for hydroxylation is 1. The quantitative estimate of drug-likeness (QED) is 0.718. The Kier molecular flexibility index (Phi) is 6.36. The van der Waals surface area contributed by atoms with Crippen molar-refractivity contribution in [3.8, 4) is 0 Å². The number of aromatic nitrogens is 1. The number of likely N-dealkylation sites (tertiary alicyclic amines) is 1. The molecule has 26 heavy (non-hydrogen) atoms. The van der Waals surface area contributed by atoms with Crippen molar-refractivity contribution in [1.82, 2.24) is 9.88 Å². The summed E-state index contributed by atoms with van der Waals surface area (Å²) in [5.74, 6) is -0.0209. The molecule has 1 aliphatic heterocycles. The van der Waals surface area contributed by atoms with E-state index >= 15 is 0 Å². The molecule has 5 heteroatoms. The van der Waals surface area contributed by atoms with Gasteiger partial charge in [0.1, 0.15) is 5.69 Å². The Morgan fingerprint density at radius 1 is 1.15 bits per heavy atom. The van der Waals surface area contributed by atoms with Gasteiger partial charge in [-0.2, -0.15) is 0 Å². The molecule has 0 radical (unpaired) electrons. The van der Waals surface area contributed by atoms with Gasteiger partial charge in [0, 0.05) is 19.3 Å². The monoisotopic (exact) mass is 354 g/mol. The number of ether oxygens (including phenoxy) is 2. The molecule has 2 heterocycles. The Labute approximate surface area is 155 Å². The fourth-order valence-electron chi connectivity index (χ4n) is 3.46. The zero-order valence-corrected chi connectivity index (χ0v) is 15.4. The third-order valence-corrected chi connectivity index (χ3v) is 4.76. The fraction of sp³-hybridized carbons (Fsp3) is 0.429. The van der Waals surface area contributed by atoms with Crippen LogP contribution in [0.1, 0.15) is 28.2 Å². The minimum atomic E-state index is -0.0209. The maximum absolute atomic E-state index is 13.1. The molecule has 0 saturated carbocycles. The van der Waals surface area contributed by atoms with Gasteiger partial charge < -0.3 is 14.4 Å². The summed E-state index contributed by atoms with van der Waals surface area (Å²) in [6, 6.07) is 15.8. The maximum atomic E-state index is 13.1. The highest BCUT2D eigenvalue weighted by molar-refractivity contribution is 5.92. The molecule has 0 spiro atoms. The molecular weight excluding hydrogens is 328 g/mol. The smallest absolute Gasteiger partial charge is 0.272 e. The number of nitrogens with zero attached hydrogens (tertiary/aromatic N) is 2. The molecule has 1 aliphatic rings. The number of carbonyl (C=O) groups is 1. The topological polar surface area (TPSA) is 51.7 Å². The molecule has 2 atom stereocenters. The lowest BCUT2D eigenvalue weighted by atomic mass is 10.0. The minimum absolute atomic E-state index is 0.00377. The van der Waals surface area contributed by atoms with Gasteiger partial charge in [-0.05, 0) is 37.5 Å². The number of hydrogen-bond acceptors (Lipinski definition) is 4. The molecule has 3 rings (SSSR count). The summed E-state index contributed by atoms with van der Waals surface area (Å²) >= 11 is 0. The molecule has 1 fully saturated rings. The molecule has 0 bridgehead atoms. The molecule has 1 aromatic carbocycles. The van der Waals surface area contributed by atoms with E-state index in [1.54, 1.807) is 13.2 Å². The molecule has 2 aromatic rings. The van der Waals surface area contributed by atoms with Gasteiger partial charge in [-0.3, -0.25) is 4.79 Å². The van der Waals surface area contributed by atoms with Crippen LogP contribution >= 0.6 is 0 Å². The second kappa shape index (κ2) is 8.92. The van der Waals surface area contributed by atoms with Gasteiger partial charge in [-0.15, -0.1) is 0 Å². The van der Waals surface area contributed by atoms with Gasteiger partial charge >= 0.3 is 0 Å². The Bertz CT molecular complexity index is 720. The highest BCUT2D eigenvalue weighted by Crippen LogP contribution is 2.26. The lowest BCUT2D eigenvalue weighted by molar-refractivity contribution is 0.000417. The Balaban J connectivity index is 1.79. The van der Waals surface area contributed by atoms with Gasteiger partial charge in [0.05, 0.1) is 25.4 Å². The number of pyridine rings is 1. The fourth-order valence-corrected chi connectivity index (χ4v) is 3.46. The molecule has 1 amide bonds. The van der Waals surface area contributed by atoms with E-state index in [0.717, 1.165) is 18.5 Å². The summed E-state index contributed by atoms with van der Waals surface area (Å²) < 4.78 is 11.1. The van der Waals surface area contributed by atoms with E-state index in [9.17, 15) is 4.79 Å². The van der Waals surface area contributed by atoms with Crippen molar-refractivity contribution in [3.63, 3.8) is 0 Å². The standard InChI is InChI=1S/C21H26N2O3/c1-16-7-6-10-18(22-16)21(24)23-12-11-20(26-14-13-25-2)19(23)15-17-8-4-3-5-9-17/h3-10,19-20H,11-15H2,1-2H3/t19-,20+/m0/s1. The highest BCUT2D eigenvalue weighted by atomic mass is 16.5. The van der Waals surface area contributed by atoms with Crippen molar-refractivity contribution in [2.24, 2.45) is 0 Å². The average molecular weight is 354 g/mol. The molecule has 1 aromatic heterocycles. The van der Waals surface area contributed by atoms with Crippen LogP contribution in [0.15, 0.2) is 48.5 Å². The Morgan fingerprint density at radius 3 is 2.69 bits per heavy atom. The zero-order chi connectivity index (χ0) is 18.4. The van der Waals surface area contributed by atoms with Crippen molar-refractivity contribution in [1.29, 1.82) is 0 Å². The van der Waals surface area contributed by atoms with Crippen LogP contribution in [0.5, 0.6) is 0 Å². The third kappa shape index (κ3) is 4.48. The van der Waals surface area contributed by atoms with E-state index in [1.165, 1.54) is 5.56 Å². The van der Waals surface area contributed by atoms with Gasteiger partial charge in [0.25, 0.3) is 5.91 Å². The minimum Gasteiger partial charge on any atom is -0.382 e. The SMILES string of the molecule is COCCO[C@@H]1CCN(C(=O)c2cccc(C)n2)[C@H]1Cc1ccccc1. The number of benzene rings is 1. The zero-order valence-electron chi connectivity index (χ0n) is 15.4. The largest absolute Gasteiger partial charge is 0.382 e. The van der Waals surface area contributed by atoms with Gasteiger partial charge in [0.2, 0.25) is 0 Å². The number of methoxy groups -OCH3 is 1. The first-order chi connectivity index (χ1) is 12.7. The van der Waals surface area contributed by atoms with Crippen LogP contribution < -0.4 is 0 Å². The number of amides is 1. The molecular formula is C21H26N2O3. The summed E-state index contributed by atoms with van der Waals surface area (Å²) in [6.45, 7) is 3.68. The molecule has 1 saturated heterocycles. The molecule has 0 unspecified atom stereocenters. The molecule has 5 nitrogen and oxygen atoms in total. The van der Waals surface area contributed by atoms with Gasteiger partial charge in [-0.1, -0.05) is 36.4 Å². The van der Waals surface area contributed by atoms with Crippen LogP contribution in [-0.2, 0) is 15.9 Å². The van der Waals surface area contributed by atoms with E-state index in [1.807, 2.05) is 42.2 Å². The van der Waals surface area contributed by atoms with E-state index in [-0.39, 0.29) is 18.1 Å². The lowest BCUT2D eigenvalue weighted by Gasteiger charge is -2.28. The van der Waals surface area contributed by atoms with E-state index < -0.39 is 0 Å². The van der Waals surface area contributed by atoms with Gasteiger partial charge in [-0.25, -0.2) is 4.98 Å². The van der Waals surface area contributed by atoms with Crippen LogP contribution in [0.4, 0.5) is 0 Å². The van der Waals surface area contributed by atoms with Crippen molar-refractivity contribution < 1.29 is 14.3 Å². The van der Waals surface area contributed by atoms with E-state index in [0.29, 0.717) is 25.5 Å². The molecule has 0 aliphatic carbocycles. The first kappa shape index (κ1) is 18.5. The first-order valence-electron chi connectivity index (χ1n) is 9.08. The average Bonchev–Trinajstić information content (AvgIpc) is 3.05. The summed E-state index contributed by atoms with van der Waals surface area (Å²) in [7, 11) is 1.67. The number of rotatable bonds is 7. The first-order valence-corrected chi connectivity index (χ1v) is 9.08. The van der Waals surface area contributed by atoms with Gasteiger partial charge in [0.15, 0.2) is 0 Å². The van der Waals surface area contributed by atoms with E-state index in [4.69, 9.17) is 9.47 Å². The summed E-state index contributed by atoms with van der Waals surface area (Å²) in [5, 5.41) is 0. The number of hydrogen-bond donors (Lipinski definition) is 0. The van der Waals surface area contributed by atoms with Crippen molar-refractivity contribution in [2.45, 2.75) is 31.9 Å². The van der Waals surface area contributed by atoms with Crippen LogP contribution in [0.3, 0.4) is 0 Å². The van der Waals surface area contributed by atoms with Crippen LogP contribution in [0.25, 0.3) is 0 Å². The van der Waals surface area contributed by atoms with Crippen LogP contribution in [0, 0.1) is 6.92 Å². The second-order valence-corrected chi connectivity index (χ2v) is 6.61. The Morgan fingerprint density at radius 2 is 1.96 bits per heavy atom. The number of carbonyl (C=O) groups excluding carboxylic acids is 1. The lowest BCUT2D eigenvalue weighted by Crippen LogP contribution is -2.42. The van der Waals surface area contributed by atoms with Crippen molar-refractivity contribution >= 4 is 5.91 Å². The van der Waals surface area contributed by atoms with Crippen molar-refractivity contribution in [3.05, 3.63) is 65.5 Å². The molecule has 0 N–H and O–H groups in total. The van der Waals surface area contributed by atoms with E-state index in [2.05, 4.69) is 17.1 Å². The van der Waals surface area contributed by atoms with Crippen molar-refractivity contribution in [2.75, 3.05) is 26.9 Å². The summed E-state index contributed by atoms with van der Waals surface area (Å²) in [6.07, 6.45) is 1.62. The predicted octanol–water partition coefficient (Wildman–Crippen LogP) is 2.88. The summed E-state index contributed by atoms with van der Waals surface area (Å²) in [4.78, 5) is 19.4.